The highest BCUT2D eigenvalue weighted by molar-refractivity contribution is 5.84. The molecule has 0 saturated carbocycles. The number of hydrogen-bond acceptors (Lipinski definition) is 2. The lowest BCUT2D eigenvalue weighted by atomic mass is 10.1. The van der Waals surface area contributed by atoms with Crippen LogP contribution in [0.3, 0.4) is 0 Å². The molecule has 0 unspecified atom stereocenters. The van der Waals surface area contributed by atoms with Crippen molar-refractivity contribution in [3.8, 4) is 11.4 Å². The Morgan fingerprint density at radius 1 is 1.12 bits per heavy atom. The number of nitrogens with zero attached hydrogens (tertiary/aromatic N) is 3. The van der Waals surface area contributed by atoms with Crippen molar-refractivity contribution in [2.75, 3.05) is 0 Å². The minimum Gasteiger partial charge on any atom is -0.291 e. The summed E-state index contributed by atoms with van der Waals surface area (Å²) in [5.74, 6) is 0.884. The molecule has 0 atom stereocenters. The average molecular weight is 317 g/mol. The highest BCUT2D eigenvalue weighted by atomic mass is 15.1. The van der Waals surface area contributed by atoms with E-state index in [9.17, 15) is 0 Å². The topological polar surface area (TPSA) is 30.7 Å². The molecule has 0 aliphatic heterocycles. The molecule has 0 aliphatic carbocycles. The first-order chi connectivity index (χ1) is 11.6. The summed E-state index contributed by atoms with van der Waals surface area (Å²) in [6, 6.07) is 12.6. The summed E-state index contributed by atoms with van der Waals surface area (Å²) in [4.78, 5) is 9.55. The average Bonchev–Trinajstić information content (AvgIpc) is 2.94. The van der Waals surface area contributed by atoms with Crippen LogP contribution in [0.5, 0.6) is 0 Å². The molecule has 0 bridgehead atoms. The third-order valence-electron chi connectivity index (χ3n) is 4.04. The fraction of sp³-hybridized carbons (Fsp3) is 0.238. The van der Waals surface area contributed by atoms with Gasteiger partial charge in [-0.2, -0.15) is 0 Å². The number of benzene rings is 1. The third kappa shape index (κ3) is 3.02. The highest BCUT2D eigenvalue weighted by Gasteiger charge is 2.15. The molecule has 24 heavy (non-hydrogen) atoms. The zero-order valence-corrected chi connectivity index (χ0v) is 14.6. The summed E-state index contributed by atoms with van der Waals surface area (Å²) in [6.45, 7) is 10.5. The van der Waals surface area contributed by atoms with E-state index in [-0.39, 0.29) is 0 Å². The largest absolute Gasteiger partial charge is 0.291 e. The van der Waals surface area contributed by atoms with Crippen LogP contribution >= 0.6 is 0 Å². The third-order valence-corrected chi connectivity index (χ3v) is 4.04. The van der Waals surface area contributed by atoms with Crippen molar-refractivity contribution < 1.29 is 0 Å². The summed E-state index contributed by atoms with van der Waals surface area (Å²) in [6.07, 6.45) is 6.04. The smallest absolute Gasteiger partial charge is 0.178 e. The van der Waals surface area contributed by atoms with Crippen LogP contribution in [-0.2, 0) is 6.42 Å². The van der Waals surface area contributed by atoms with E-state index in [1.54, 1.807) is 0 Å². The number of allylic oxidation sites excluding steroid dienone is 3. The minimum absolute atomic E-state index is 0.780. The van der Waals surface area contributed by atoms with Crippen LogP contribution < -0.4 is 0 Å². The maximum Gasteiger partial charge on any atom is 0.178 e. The van der Waals surface area contributed by atoms with Crippen molar-refractivity contribution in [2.24, 2.45) is 0 Å². The zero-order valence-electron chi connectivity index (χ0n) is 14.6. The van der Waals surface area contributed by atoms with Gasteiger partial charge in [-0.1, -0.05) is 55.8 Å². The molecule has 2 aromatic heterocycles. The van der Waals surface area contributed by atoms with Gasteiger partial charge in [-0.15, -0.1) is 0 Å². The Morgan fingerprint density at radius 2 is 1.88 bits per heavy atom. The Balaban J connectivity index is 2.23. The lowest BCUT2D eigenvalue weighted by molar-refractivity contribution is 0.888. The first-order valence-electron chi connectivity index (χ1n) is 8.41. The van der Waals surface area contributed by atoms with E-state index >= 15 is 0 Å². The van der Waals surface area contributed by atoms with E-state index in [1.807, 2.05) is 19.1 Å². The number of aromatic nitrogens is 3. The minimum atomic E-state index is 0.780. The molecule has 3 aromatic rings. The van der Waals surface area contributed by atoms with Gasteiger partial charge >= 0.3 is 0 Å². The number of rotatable bonds is 5. The van der Waals surface area contributed by atoms with Gasteiger partial charge in [-0.25, -0.2) is 9.97 Å². The number of fused-ring (bicyclic) bond motifs is 1. The normalized spacial score (nSPS) is 11.5. The van der Waals surface area contributed by atoms with E-state index in [4.69, 9.17) is 9.97 Å². The SMILES string of the molecule is C=C(/C=C\C)n1c(-c2ccc(C)cc2)nc2nc(CCC)ccc21. The quantitative estimate of drug-likeness (QED) is 0.589. The predicted molar refractivity (Wildman–Crippen MR) is 102 cm³/mol. The summed E-state index contributed by atoms with van der Waals surface area (Å²) in [7, 11) is 0. The van der Waals surface area contributed by atoms with Gasteiger partial charge in [0.2, 0.25) is 0 Å². The van der Waals surface area contributed by atoms with Gasteiger partial charge in [0.1, 0.15) is 5.82 Å². The summed E-state index contributed by atoms with van der Waals surface area (Å²) in [5.41, 5.74) is 6.05. The zero-order chi connectivity index (χ0) is 17.1. The summed E-state index contributed by atoms with van der Waals surface area (Å²) >= 11 is 0. The Kier molecular flexibility index (Phi) is 4.61. The van der Waals surface area contributed by atoms with Crippen LogP contribution in [0, 0.1) is 6.92 Å². The fourth-order valence-corrected chi connectivity index (χ4v) is 2.85. The first-order valence-corrected chi connectivity index (χ1v) is 8.41. The first kappa shape index (κ1) is 16.2. The maximum absolute atomic E-state index is 4.82. The number of pyridine rings is 1. The van der Waals surface area contributed by atoms with Crippen LogP contribution in [0.2, 0.25) is 0 Å². The van der Waals surface area contributed by atoms with Gasteiger partial charge in [-0.3, -0.25) is 4.57 Å². The molecule has 0 saturated heterocycles. The van der Waals surface area contributed by atoms with Gasteiger partial charge in [0, 0.05) is 17.0 Å². The van der Waals surface area contributed by atoms with Gasteiger partial charge in [0.15, 0.2) is 5.65 Å². The van der Waals surface area contributed by atoms with Crippen molar-refractivity contribution in [1.29, 1.82) is 0 Å². The number of aryl methyl sites for hydroxylation is 2. The molecular formula is C21H23N3. The van der Waals surface area contributed by atoms with Crippen molar-refractivity contribution in [3.63, 3.8) is 0 Å². The van der Waals surface area contributed by atoms with E-state index in [0.717, 1.165) is 46.8 Å². The molecule has 0 radical (unpaired) electrons. The van der Waals surface area contributed by atoms with Gasteiger partial charge in [0.05, 0.1) is 5.52 Å². The Bertz CT molecular complexity index is 899. The molecule has 0 aliphatic rings. The number of hydrogen-bond donors (Lipinski definition) is 0. The van der Waals surface area contributed by atoms with Gasteiger partial charge < -0.3 is 0 Å². The molecule has 122 valence electrons. The van der Waals surface area contributed by atoms with Crippen LogP contribution in [0.15, 0.2) is 55.1 Å². The number of imidazole rings is 1. The monoisotopic (exact) mass is 317 g/mol. The van der Waals surface area contributed by atoms with Crippen molar-refractivity contribution >= 4 is 16.9 Å². The molecule has 0 fully saturated rings. The molecule has 1 aromatic carbocycles. The Labute approximate surface area is 143 Å². The Morgan fingerprint density at radius 3 is 2.54 bits per heavy atom. The second-order valence-corrected chi connectivity index (χ2v) is 6.02. The lowest BCUT2D eigenvalue weighted by Gasteiger charge is -2.09. The van der Waals surface area contributed by atoms with E-state index in [2.05, 4.69) is 61.4 Å². The molecular weight excluding hydrogens is 294 g/mol. The second kappa shape index (κ2) is 6.83. The molecule has 3 rings (SSSR count). The van der Waals surface area contributed by atoms with Crippen molar-refractivity contribution in [3.05, 3.63) is 66.4 Å². The van der Waals surface area contributed by atoms with E-state index < -0.39 is 0 Å². The van der Waals surface area contributed by atoms with Gasteiger partial charge in [-0.05, 0) is 38.5 Å². The highest BCUT2D eigenvalue weighted by Crippen LogP contribution is 2.28. The predicted octanol–water partition coefficient (Wildman–Crippen LogP) is 5.41. The van der Waals surface area contributed by atoms with E-state index in [1.165, 1.54) is 5.56 Å². The van der Waals surface area contributed by atoms with Crippen molar-refractivity contribution in [1.82, 2.24) is 14.5 Å². The standard InChI is InChI=1S/C21H23N3/c1-5-7-16(4)24-19-14-13-18(8-6-2)22-20(19)23-21(24)17-11-9-15(3)10-12-17/h5,7,9-14H,4,6,8H2,1-3H3/b7-5-. The maximum atomic E-state index is 4.82. The summed E-state index contributed by atoms with van der Waals surface area (Å²) < 4.78 is 2.09. The van der Waals surface area contributed by atoms with Gasteiger partial charge in [0.25, 0.3) is 0 Å². The van der Waals surface area contributed by atoms with Crippen molar-refractivity contribution in [2.45, 2.75) is 33.6 Å². The lowest BCUT2D eigenvalue weighted by Crippen LogP contribution is -1.97. The van der Waals surface area contributed by atoms with Crippen LogP contribution in [0.4, 0.5) is 0 Å². The van der Waals surface area contributed by atoms with Crippen LogP contribution in [-0.4, -0.2) is 14.5 Å². The summed E-state index contributed by atoms with van der Waals surface area (Å²) in [5, 5.41) is 0. The van der Waals surface area contributed by atoms with E-state index in [0.29, 0.717) is 0 Å². The van der Waals surface area contributed by atoms with Crippen LogP contribution in [0.25, 0.3) is 28.2 Å². The second-order valence-electron chi connectivity index (χ2n) is 6.02. The molecule has 0 spiro atoms. The molecule has 2 heterocycles. The fourth-order valence-electron chi connectivity index (χ4n) is 2.85. The van der Waals surface area contributed by atoms with Crippen LogP contribution in [0.1, 0.15) is 31.5 Å². The molecule has 3 heteroatoms. The molecule has 0 amide bonds. The Hall–Kier alpha value is -2.68. The molecule has 3 nitrogen and oxygen atoms in total. The molecule has 0 N–H and O–H groups in total.